The van der Waals surface area contributed by atoms with E-state index in [1.165, 1.54) is 5.56 Å². The Hall–Kier alpha value is -3.11. The first kappa shape index (κ1) is 18.3. The number of nitrogens with zero attached hydrogens (tertiary/aromatic N) is 7. The fourth-order valence-corrected chi connectivity index (χ4v) is 3.16. The van der Waals surface area contributed by atoms with Gasteiger partial charge in [-0.3, -0.25) is 9.80 Å². The highest BCUT2D eigenvalue weighted by Gasteiger charge is 2.20. The number of hydrogen-bond acceptors (Lipinski definition) is 10. The maximum Gasteiger partial charge on any atom is 0.241 e. The molecule has 1 aromatic carbocycles. The molecule has 1 aliphatic heterocycles. The number of piperazine rings is 1. The number of hydrogen-bond donors (Lipinski definition) is 2. The molecule has 10 heteroatoms. The van der Waals surface area contributed by atoms with Crippen molar-refractivity contribution >= 4 is 11.9 Å². The minimum Gasteiger partial charge on any atom is -0.368 e. The van der Waals surface area contributed by atoms with Gasteiger partial charge in [-0.05, 0) is 6.92 Å². The Balaban J connectivity index is 1.30. The Bertz CT molecular complexity index is 912. The van der Waals surface area contributed by atoms with Gasteiger partial charge in [0.2, 0.25) is 23.6 Å². The molecule has 0 aliphatic carbocycles. The molecule has 0 radical (unpaired) electrons. The molecule has 4 N–H and O–H groups in total. The summed E-state index contributed by atoms with van der Waals surface area (Å²) in [6.45, 7) is 6.82. The maximum atomic E-state index is 5.63. The average molecular weight is 381 g/mol. The van der Waals surface area contributed by atoms with Crippen molar-refractivity contribution in [2.24, 2.45) is 0 Å². The van der Waals surface area contributed by atoms with Crippen LogP contribution in [0.25, 0.3) is 11.4 Å². The van der Waals surface area contributed by atoms with Crippen LogP contribution in [0.5, 0.6) is 0 Å². The Labute approximate surface area is 162 Å². The van der Waals surface area contributed by atoms with Gasteiger partial charge in [0.15, 0.2) is 0 Å². The summed E-state index contributed by atoms with van der Waals surface area (Å²) in [6, 6.07) is 8.09. The minimum atomic E-state index is 0.155. The van der Waals surface area contributed by atoms with E-state index < -0.39 is 0 Å². The third-order valence-corrected chi connectivity index (χ3v) is 4.68. The lowest BCUT2D eigenvalue weighted by atomic mass is 10.1. The van der Waals surface area contributed by atoms with E-state index in [1.807, 2.05) is 24.3 Å². The largest absolute Gasteiger partial charge is 0.368 e. The van der Waals surface area contributed by atoms with Crippen molar-refractivity contribution in [3.8, 4) is 11.4 Å². The molecule has 3 aromatic rings. The Morgan fingerprint density at radius 3 is 2.11 bits per heavy atom. The second-order valence-electron chi connectivity index (χ2n) is 6.90. The van der Waals surface area contributed by atoms with Gasteiger partial charge in [0.25, 0.3) is 0 Å². The SMILES string of the molecule is Cc1ccc(-c2noc(CN3CCN(Cc4nc(N)nc(N)n4)CC3)n2)cc1. The summed E-state index contributed by atoms with van der Waals surface area (Å²) in [7, 11) is 0. The zero-order chi connectivity index (χ0) is 19.5. The van der Waals surface area contributed by atoms with E-state index in [0.29, 0.717) is 30.6 Å². The van der Waals surface area contributed by atoms with Gasteiger partial charge in [-0.1, -0.05) is 35.0 Å². The van der Waals surface area contributed by atoms with E-state index in [2.05, 4.69) is 41.8 Å². The predicted molar refractivity (Wildman–Crippen MR) is 104 cm³/mol. The lowest BCUT2D eigenvalue weighted by Crippen LogP contribution is -2.45. The first-order valence-electron chi connectivity index (χ1n) is 9.15. The van der Waals surface area contributed by atoms with Crippen LogP contribution in [0.1, 0.15) is 17.3 Å². The van der Waals surface area contributed by atoms with Crippen LogP contribution in [0.4, 0.5) is 11.9 Å². The predicted octanol–water partition coefficient (Wildman–Crippen LogP) is 0.712. The molecule has 0 spiro atoms. The molecule has 0 bridgehead atoms. The normalized spacial score (nSPS) is 15.8. The molecule has 10 nitrogen and oxygen atoms in total. The minimum absolute atomic E-state index is 0.155. The fraction of sp³-hybridized carbons (Fsp3) is 0.389. The van der Waals surface area contributed by atoms with E-state index in [4.69, 9.17) is 16.0 Å². The lowest BCUT2D eigenvalue weighted by Gasteiger charge is -2.33. The molecule has 0 unspecified atom stereocenters. The highest BCUT2D eigenvalue weighted by atomic mass is 16.5. The van der Waals surface area contributed by atoms with Gasteiger partial charge in [-0.2, -0.15) is 19.9 Å². The summed E-state index contributed by atoms with van der Waals surface area (Å²) in [6.07, 6.45) is 0. The van der Waals surface area contributed by atoms with E-state index in [1.54, 1.807) is 0 Å². The summed E-state index contributed by atoms with van der Waals surface area (Å²) >= 11 is 0. The van der Waals surface area contributed by atoms with Crippen molar-refractivity contribution < 1.29 is 4.52 Å². The van der Waals surface area contributed by atoms with Crippen molar-refractivity contribution in [3.05, 3.63) is 41.5 Å². The smallest absolute Gasteiger partial charge is 0.241 e. The second kappa shape index (κ2) is 7.87. The topological polar surface area (TPSA) is 136 Å². The number of benzene rings is 1. The van der Waals surface area contributed by atoms with Crippen molar-refractivity contribution in [1.82, 2.24) is 34.9 Å². The zero-order valence-electron chi connectivity index (χ0n) is 15.7. The number of anilines is 2. The highest BCUT2D eigenvalue weighted by Crippen LogP contribution is 2.17. The Kier molecular flexibility index (Phi) is 5.13. The average Bonchev–Trinajstić information content (AvgIpc) is 3.12. The summed E-state index contributed by atoms with van der Waals surface area (Å²) in [4.78, 5) is 21.1. The Morgan fingerprint density at radius 1 is 0.857 bits per heavy atom. The molecule has 146 valence electrons. The second-order valence-corrected chi connectivity index (χ2v) is 6.90. The third-order valence-electron chi connectivity index (χ3n) is 4.68. The van der Waals surface area contributed by atoms with Gasteiger partial charge >= 0.3 is 0 Å². The standard InChI is InChI=1S/C18H23N9O/c1-12-2-4-13(5-3-12)16-23-15(28-25-16)11-27-8-6-26(7-9-27)10-14-21-17(19)24-18(20)22-14/h2-5H,6-11H2,1H3,(H4,19,20,21,22,24). The van der Waals surface area contributed by atoms with E-state index in [0.717, 1.165) is 31.7 Å². The molecule has 1 aliphatic rings. The molecule has 2 aromatic heterocycles. The fourth-order valence-electron chi connectivity index (χ4n) is 3.16. The van der Waals surface area contributed by atoms with Crippen LogP contribution in [0, 0.1) is 6.92 Å². The van der Waals surface area contributed by atoms with Crippen LogP contribution in [-0.4, -0.2) is 61.1 Å². The lowest BCUT2D eigenvalue weighted by molar-refractivity contribution is 0.110. The summed E-state index contributed by atoms with van der Waals surface area (Å²) in [5, 5.41) is 4.10. The Morgan fingerprint density at radius 2 is 1.46 bits per heavy atom. The molecule has 0 saturated carbocycles. The van der Waals surface area contributed by atoms with Gasteiger partial charge in [0, 0.05) is 31.7 Å². The molecule has 3 heterocycles. The molecule has 28 heavy (non-hydrogen) atoms. The number of aryl methyl sites for hydroxylation is 1. The van der Waals surface area contributed by atoms with E-state index in [9.17, 15) is 0 Å². The van der Waals surface area contributed by atoms with Crippen molar-refractivity contribution in [3.63, 3.8) is 0 Å². The molecular formula is C18H23N9O. The number of aromatic nitrogens is 5. The summed E-state index contributed by atoms with van der Waals surface area (Å²) < 4.78 is 5.43. The third kappa shape index (κ3) is 4.41. The number of nitrogen functional groups attached to an aromatic ring is 2. The summed E-state index contributed by atoms with van der Waals surface area (Å²) in [5.41, 5.74) is 13.4. The molecule has 4 rings (SSSR count). The highest BCUT2D eigenvalue weighted by molar-refractivity contribution is 5.54. The molecule has 1 saturated heterocycles. The van der Waals surface area contributed by atoms with Gasteiger partial charge in [-0.25, -0.2) is 0 Å². The van der Waals surface area contributed by atoms with E-state index >= 15 is 0 Å². The van der Waals surface area contributed by atoms with Crippen molar-refractivity contribution in [2.45, 2.75) is 20.0 Å². The first-order chi connectivity index (χ1) is 13.5. The van der Waals surface area contributed by atoms with Crippen LogP contribution in [0.15, 0.2) is 28.8 Å². The quantitative estimate of drug-likeness (QED) is 0.650. The molecular weight excluding hydrogens is 358 g/mol. The summed E-state index contributed by atoms with van der Waals surface area (Å²) in [5.74, 6) is 2.16. The number of rotatable bonds is 5. The van der Waals surface area contributed by atoms with Crippen LogP contribution >= 0.6 is 0 Å². The van der Waals surface area contributed by atoms with Crippen LogP contribution in [0.3, 0.4) is 0 Å². The van der Waals surface area contributed by atoms with Crippen molar-refractivity contribution in [1.29, 1.82) is 0 Å². The van der Waals surface area contributed by atoms with E-state index in [-0.39, 0.29) is 11.9 Å². The molecule has 0 atom stereocenters. The van der Waals surface area contributed by atoms with Gasteiger partial charge in [0.05, 0.1) is 13.1 Å². The van der Waals surface area contributed by atoms with Gasteiger partial charge < -0.3 is 16.0 Å². The van der Waals surface area contributed by atoms with Crippen LogP contribution < -0.4 is 11.5 Å². The van der Waals surface area contributed by atoms with Gasteiger partial charge in [-0.15, -0.1) is 0 Å². The van der Waals surface area contributed by atoms with Crippen LogP contribution in [0.2, 0.25) is 0 Å². The monoisotopic (exact) mass is 381 g/mol. The maximum absolute atomic E-state index is 5.63. The van der Waals surface area contributed by atoms with Crippen molar-refractivity contribution in [2.75, 3.05) is 37.6 Å². The van der Waals surface area contributed by atoms with Crippen LogP contribution in [-0.2, 0) is 13.1 Å². The molecule has 1 fully saturated rings. The number of nitrogens with two attached hydrogens (primary N) is 2. The first-order valence-corrected chi connectivity index (χ1v) is 9.15. The zero-order valence-corrected chi connectivity index (χ0v) is 15.7. The molecule has 0 amide bonds. The van der Waals surface area contributed by atoms with Gasteiger partial charge in [0.1, 0.15) is 5.82 Å².